The molecule has 18 heavy (non-hydrogen) atoms. The van der Waals surface area contributed by atoms with Gasteiger partial charge >= 0.3 is 0 Å². The van der Waals surface area contributed by atoms with Crippen LogP contribution in [-0.4, -0.2) is 36.5 Å². The van der Waals surface area contributed by atoms with Crippen LogP contribution in [0.5, 0.6) is 0 Å². The molecule has 0 N–H and O–H groups in total. The Morgan fingerprint density at radius 2 is 1.89 bits per heavy atom. The van der Waals surface area contributed by atoms with E-state index in [0.717, 1.165) is 16.7 Å². The highest BCUT2D eigenvalue weighted by Gasteiger charge is 2.47. The van der Waals surface area contributed by atoms with E-state index in [1.165, 1.54) is 19.3 Å². The van der Waals surface area contributed by atoms with E-state index < -0.39 is 0 Å². The van der Waals surface area contributed by atoms with Crippen LogP contribution in [0.1, 0.15) is 19.3 Å². The molecule has 0 atom stereocenters. The standard InChI is InChI=1S/C14H17BrN2O/c1-16-9-13(18)17(10-14(16)7-2-8-14)12-5-3-11(15)4-6-12/h3-6H,2,7-10H2,1H3. The second-order valence-electron chi connectivity index (χ2n) is 5.39. The summed E-state index contributed by atoms with van der Waals surface area (Å²) in [5.41, 5.74) is 1.25. The smallest absolute Gasteiger partial charge is 0.241 e. The quantitative estimate of drug-likeness (QED) is 0.796. The predicted octanol–water partition coefficient (Wildman–Crippen LogP) is 2.65. The monoisotopic (exact) mass is 308 g/mol. The first-order chi connectivity index (χ1) is 8.61. The van der Waals surface area contributed by atoms with Gasteiger partial charge in [0.1, 0.15) is 0 Å². The van der Waals surface area contributed by atoms with E-state index in [0.29, 0.717) is 6.54 Å². The number of halogens is 1. The van der Waals surface area contributed by atoms with E-state index in [9.17, 15) is 4.79 Å². The molecular formula is C14H17BrN2O. The van der Waals surface area contributed by atoms with E-state index >= 15 is 0 Å². The van der Waals surface area contributed by atoms with Crippen molar-refractivity contribution in [1.29, 1.82) is 0 Å². The third-order valence-corrected chi connectivity index (χ3v) is 4.89. The number of hydrogen-bond donors (Lipinski definition) is 0. The number of carbonyl (C=O) groups excluding carboxylic acids is 1. The van der Waals surface area contributed by atoms with E-state index in [1.807, 2.05) is 29.2 Å². The number of piperazine rings is 1. The van der Waals surface area contributed by atoms with Crippen LogP contribution in [0, 0.1) is 0 Å². The minimum absolute atomic E-state index is 0.206. The van der Waals surface area contributed by atoms with Crippen molar-refractivity contribution in [2.45, 2.75) is 24.8 Å². The molecule has 1 aliphatic heterocycles. The summed E-state index contributed by atoms with van der Waals surface area (Å²) < 4.78 is 1.05. The van der Waals surface area contributed by atoms with Gasteiger partial charge in [-0.25, -0.2) is 0 Å². The van der Waals surface area contributed by atoms with E-state index in [1.54, 1.807) is 0 Å². The zero-order valence-electron chi connectivity index (χ0n) is 10.5. The highest BCUT2D eigenvalue weighted by atomic mass is 79.9. The van der Waals surface area contributed by atoms with E-state index in [-0.39, 0.29) is 11.4 Å². The van der Waals surface area contributed by atoms with Gasteiger partial charge < -0.3 is 4.90 Å². The van der Waals surface area contributed by atoms with Crippen molar-refractivity contribution in [1.82, 2.24) is 4.90 Å². The van der Waals surface area contributed by atoms with Crippen molar-refractivity contribution in [2.24, 2.45) is 0 Å². The minimum atomic E-state index is 0.206. The summed E-state index contributed by atoms with van der Waals surface area (Å²) in [6.07, 6.45) is 3.71. The topological polar surface area (TPSA) is 23.6 Å². The maximum atomic E-state index is 12.2. The predicted molar refractivity (Wildman–Crippen MR) is 75.7 cm³/mol. The van der Waals surface area contributed by atoms with Gasteiger partial charge in [-0.15, -0.1) is 0 Å². The lowest BCUT2D eigenvalue weighted by Gasteiger charge is -2.54. The molecule has 1 saturated carbocycles. The highest BCUT2D eigenvalue weighted by molar-refractivity contribution is 9.10. The van der Waals surface area contributed by atoms with Crippen LogP contribution in [0.2, 0.25) is 0 Å². The van der Waals surface area contributed by atoms with Crippen LogP contribution in [-0.2, 0) is 4.79 Å². The maximum absolute atomic E-state index is 12.2. The van der Waals surface area contributed by atoms with Gasteiger partial charge in [0.05, 0.1) is 6.54 Å². The van der Waals surface area contributed by atoms with Crippen molar-refractivity contribution in [3.8, 4) is 0 Å². The van der Waals surface area contributed by atoms with Gasteiger partial charge in [-0.2, -0.15) is 0 Å². The second kappa shape index (κ2) is 4.35. The Balaban J connectivity index is 1.87. The Hall–Kier alpha value is -0.870. The molecule has 1 aromatic carbocycles. The first kappa shape index (κ1) is 12.2. The number of nitrogens with zero attached hydrogens (tertiary/aromatic N) is 2. The zero-order valence-corrected chi connectivity index (χ0v) is 12.1. The maximum Gasteiger partial charge on any atom is 0.241 e. The van der Waals surface area contributed by atoms with Crippen LogP contribution in [0.3, 0.4) is 0 Å². The first-order valence-electron chi connectivity index (χ1n) is 6.38. The molecule has 1 spiro atoms. The average molecular weight is 309 g/mol. The van der Waals surface area contributed by atoms with Gasteiger partial charge in [0.15, 0.2) is 0 Å². The normalized spacial score (nSPS) is 23.2. The Kier molecular flexibility index (Phi) is 2.94. The van der Waals surface area contributed by atoms with Crippen molar-refractivity contribution in [3.05, 3.63) is 28.7 Å². The first-order valence-corrected chi connectivity index (χ1v) is 7.17. The van der Waals surface area contributed by atoms with Crippen LogP contribution < -0.4 is 4.90 Å². The fourth-order valence-corrected chi connectivity index (χ4v) is 3.20. The Morgan fingerprint density at radius 1 is 1.22 bits per heavy atom. The lowest BCUT2D eigenvalue weighted by atomic mass is 9.74. The number of amides is 1. The number of carbonyl (C=O) groups is 1. The molecule has 96 valence electrons. The molecule has 0 aromatic heterocycles. The number of rotatable bonds is 1. The lowest BCUT2D eigenvalue weighted by Crippen LogP contribution is -2.66. The van der Waals surface area contributed by atoms with Gasteiger partial charge in [0, 0.05) is 22.2 Å². The third kappa shape index (κ3) is 1.88. The average Bonchev–Trinajstić information content (AvgIpc) is 2.29. The second-order valence-corrected chi connectivity index (χ2v) is 6.31. The van der Waals surface area contributed by atoms with Crippen molar-refractivity contribution in [3.63, 3.8) is 0 Å². The summed E-state index contributed by atoms with van der Waals surface area (Å²) in [5, 5.41) is 0. The summed E-state index contributed by atoms with van der Waals surface area (Å²) in [6, 6.07) is 8.02. The van der Waals surface area contributed by atoms with Gasteiger partial charge in [0.2, 0.25) is 5.91 Å². The number of benzene rings is 1. The molecule has 1 aliphatic carbocycles. The third-order valence-electron chi connectivity index (χ3n) is 4.36. The molecule has 1 aromatic rings. The molecule has 3 rings (SSSR count). The highest BCUT2D eigenvalue weighted by Crippen LogP contribution is 2.40. The molecule has 0 bridgehead atoms. The molecular weight excluding hydrogens is 292 g/mol. The zero-order chi connectivity index (χ0) is 12.8. The molecule has 0 unspecified atom stereocenters. The fraction of sp³-hybridized carbons (Fsp3) is 0.500. The lowest BCUT2D eigenvalue weighted by molar-refractivity contribution is -0.126. The summed E-state index contributed by atoms with van der Waals surface area (Å²) in [6.45, 7) is 1.38. The van der Waals surface area contributed by atoms with Gasteiger partial charge in [-0.05, 0) is 50.6 Å². The summed E-state index contributed by atoms with van der Waals surface area (Å²) in [5.74, 6) is 0.206. The fourth-order valence-electron chi connectivity index (χ4n) is 2.94. The SMILES string of the molecule is CN1CC(=O)N(c2ccc(Br)cc2)CC12CCC2. The van der Waals surface area contributed by atoms with Gasteiger partial charge in [0.25, 0.3) is 0 Å². The number of likely N-dealkylation sites (N-methyl/N-ethyl adjacent to an activating group) is 1. The van der Waals surface area contributed by atoms with Gasteiger partial charge in [-0.1, -0.05) is 15.9 Å². The van der Waals surface area contributed by atoms with E-state index in [2.05, 4.69) is 27.9 Å². The molecule has 1 heterocycles. The van der Waals surface area contributed by atoms with E-state index in [4.69, 9.17) is 0 Å². The molecule has 1 saturated heterocycles. The Bertz CT molecular complexity index is 467. The van der Waals surface area contributed by atoms with Crippen LogP contribution in [0.15, 0.2) is 28.7 Å². The Labute approximate surface area is 116 Å². The summed E-state index contributed by atoms with van der Waals surface area (Å²) >= 11 is 3.43. The molecule has 2 aliphatic rings. The Morgan fingerprint density at radius 3 is 2.44 bits per heavy atom. The van der Waals surface area contributed by atoms with Gasteiger partial charge in [-0.3, -0.25) is 9.69 Å². The minimum Gasteiger partial charge on any atom is -0.309 e. The number of anilines is 1. The summed E-state index contributed by atoms with van der Waals surface area (Å²) in [4.78, 5) is 16.4. The largest absolute Gasteiger partial charge is 0.309 e. The van der Waals surface area contributed by atoms with Crippen LogP contribution in [0.4, 0.5) is 5.69 Å². The molecule has 4 heteroatoms. The number of hydrogen-bond acceptors (Lipinski definition) is 2. The van der Waals surface area contributed by atoms with Crippen LogP contribution in [0.25, 0.3) is 0 Å². The molecule has 2 fully saturated rings. The summed E-state index contributed by atoms with van der Waals surface area (Å²) in [7, 11) is 2.08. The molecule has 3 nitrogen and oxygen atoms in total. The molecule has 0 radical (unpaired) electrons. The van der Waals surface area contributed by atoms with Crippen molar-refractivity contribution in [2.75, 3.05) is 25.0 Å². The van der Waals surface area contributed by atoms with Crippen molar-refractivity contribution < 1.29 is 4.79 Å². The van der Waals surface area contributed by atoms with Crippen molar-refractivity contribution >= 4 is 27.5 Å². The van der Waals surface area contributed by atoms with Crippen LogP contribution >= 0.6 is 15.9 Å². The molecule has 1 amide bonds.